The molecule has 0 aromatic heterocycles. The third-order valence-corrected chi connectivity index (χ3v) is 4.08. The molecule has 0 spiro atoms. The Balaban J connectivity index is 2.05. The average Bonchev–Trinajstić information content (AvgIpc) is 2.65. The van der Waals surface area contributed by atoms with Crippen molar-refractivity contribution in [2.24, 2.45) is 0 Å². The number of anilines is 1. The van der Waals surface area contributed by atoms with Gasteiger partial charge in [-0.15, -0.1) is 0 Å². The number of nitrogens with zero attached hydrogens (tertiary/aromatic N) is 1. The van der Waals surface area contributed by atoms with Gasteiger partial charge in [-0.25, -0.2) is 19.5 Å². The first-order chi connectivity index (χ1) is 13.2. The van der Waals surface area contributed by atoms with Gasteiger partial charge < -0.3 is 0 Å². The van der Waals surface area contributed by atoms with Gasteiger partial charge in [-0.3, -0.25) is 14.9 Å². The SMILES string of the molecule is CC(C)(C)OOC1(Cc2ccccc2)C(=O)NC(=O)N(c2ccccc2)C1=O. The van der Waals surface area contributed by atoms with Crippen LogP contribution in [0.1, 0.15) is 26.3 Å². The summed E-state index contributed by atoms with van der Waals surface area (Å²) in [4.78, 5) is 50.5. The molecule has 7 nitrogen and oxygen atoms in total. The number of carbonyl (C=O) groups is 3. The first kappa shape index (κ1) is 19.7. The molecule has 1 saturated heterocycles. The van der Waals surface area contributed by atoms with Crippen molar-refractivity contribution in [1.82, 2.24) is 5.32 Å². The number of barbiturate groups is 1. The number of imide groups is 2. The van der Waals surface area contributed by atoms with Gasteiger partial charge in [0.05, 0.1) is 11.3 Å². The van der Waals surface area contributed by atoms with Crippen molar-refractivity contribution in [3.63, 3.8) is 0 Å². The number of para-hydroxylation sites is 1. The van der Waals surface area contributed by atoms with Crippen LogP contribution in [-0.2, 0) is 25.8 Å². The highest BCUT2D eigenvalue weighted by atomic mass is 17.2. The molecule has 1 heterocycles. The summed E-state index contributed by atoms with van der Waals surface area (Å²) in [6, 6.07) is 16.5. The number of nitrogens with one attached hydrogen (secondary N) is 1. The van der Waals surface area contributed by atoms with Gasteiger partial charge in [0.1, 0.15) is 0 Å². The lowest BCUT2D eigenvalue weighted by molar-refractivity contribution is -0.384. The van der Waals surface area contributed by atoms with Crippen molar-refractivity contribution < 1.29 is 24.2 Å². The lowest BCUT2D eigenvalue weighted by Gasteiger charge is -2.39. The van der Waals surface area contributed by atoms with Gasteiger partial charge >= 0.3 is 6.03 Å². The molecule has 1 aliphatic heterocycles. The van der Waals surface area contributed by atoms with Gasteiger partial charge in [-0.2, -0.15) is 0 Å². The molecular weight excluding hydrogens is 360 g/mol. The van der Waals surface area contributed by atoms with Crippen LogP contribution in [0, 0.1) is 0 Å². The van der Waals surface area contributed by atoms with Crippen LogP contribution in [0.3, 0.4) is 0 Å². The zero-order valence-electron chi connectivity index (χ0n) is 16.0. The van der Waals surface area contributed by atoms with Gasteiger partial charge in [-0.05, 0) is 38.5 Å². The van der Waals surface area contributed by atoms with Crippen LogP contribution in [0.5, 0.6) is 0 Å². The Labute approximate surface area is 163 Å². The van der Waals surface area contributed by atoms with Crippen LogP contribution in [0.15, 0.2) is 60.7 Å². The highest BCUT2D eigenvalue weighted by molar-refractivity contribution is 6.31. The summed E-state index contributed by atoms with van der Waals surface area (Å²) >= 11 is 0. The molecule has 0 aliphatic carbocycles. The van der Waals surface area contributed by atoms with Gasteiger partial charge in [0.15, 0.2) is 0 Å². The maximum atomic E-state index is 13.4. The third-order valence-electron chi connectivity index (χ3n) is 4.08. The Hall–Kier alpha value is -3.03. The van der Waals surface area contributed by atoms with Crippen LogP contribution in [0.4, 0.5) is 10.5 Å². The first-order valence-corrected chi connectivity index (χ1v) is 8.89. The number of hydrogen-bond acceptors (Lipinski definition) is 5. The summed E-state index contributed by atoms with van der Waals surface area (Å²) in [5.74, 6) is -1.66. The molecule has 28 heavy (non-hydrogen) atoms. The van der Waals surface area contributed by atoms with Gasteiger partial charge in [0.2, 0.25) is 0 Å². The average molecular weight is 382 g/mol. The van der Waals surface area contributed by atoms with Gasteiger partial charge in [0.25, 0.3) is 17.4 Å². The highest BCUT2D eigenvalue weighted by Gasteiger charge is 2.57. The molecule has 1 N–H and O–H groups in total. The second kappa shape index (κ2) is 7.53. The molecule has 146 valence electrons. The van der Waals surface area contributed by atoms with E-state index in [2.05, 4.69) is 5.32 Å². The predicted octanol–water partition coefficient (Wildman–Crippen LogP) is 3.00. The van der Waals surface area contributed by atoms with Crippen molar-refractivity contribution in [2.45, 2.75) is 38.4 Å². The minimum atomic E-state index is -2.04. The van der Waals surface area contributed by atoms with Crippen molar-refractivity contribution in [1.29, 1.82) is 0 Å². The van der Waals surface area contributed by atoms with E-state index in [4.69, 9.17) is 9.78 Å². The maximum absolute atomic E-state index is 13.4. The van der Waals surface area contributed by atoms with E-state index in [9.17, 15) is 14.4 Å². The van der Waals surface area contributed by atoms with E-state index in [1.165, 1.54) is 0 Å². The van der Waals surface area contributed by atoms with Crippen LogP contribution in [-0.4, -0.2) is 29.0 Å². The van der Waals surface area contributed by atoms with Crippen LogP contribution in [0.2, 0.25) is 0 Å². The minimum Gasteiger partial charge on any atom is -0.274 e. The van der Waals surface area contributed by atoms with E-state index in [1.54, 1.807) is 75.4 Å². The molecule has 1 fully saturated rings. The normalized spacial score (nSPS) is 20.2. The largest absolute Gasteiger partial charge is 0.335 e. The summed E-state index contributed by atoms with van der Waals surface area (Å²) in [6.45, 7) is 5.19. The summed E-state index contributed by atoms with van der Waals surface area (Å²) < 4.78 is 0. The maximum Gasteiger partial charge on any atom is 0.335 e. The number of rotatable bonds is 5. The zero-order chi connectivity index (χ0) is 20.4. The van der Waals surface area contributed by atoms with Crippen molar-refractivity contribution >= 4 is 23.5 Å². The predicted molar refractivity (Wildman–Crippen MR) is 102 cm³/mol. The number of amides is 4. The van der Waals surface area contributed by atoms with Crippen LogP contribution in [0.25, 0.3) is 0 Å². The molecule has 3 rings (SSSR count). The summed E-state index contributed by atoms with van der Waals surface area (Å²) in [5.41, 5.74) is -1.80. The second-order valence-corrected chi connectivity index (χ2v) is 7.50. The van der Waals surface area contributed by atoms with E-state index in [0.29, 0.717) is 11.3 Å². The quantitative estimate of drug-likeness (QED) is 0.488. The second-order valence-electron chi connectivity index (χ2n) is 7.50. The molecule has 7 heteroatoms. The number of urea groups is 1. The smallest absolute Gasteiger partial charge is 0.274 e. The van der Waals surface area contributed by atoms with Crippen molar-refractivity contribution in [3.8, 4) is 0 Å². The minimum absolute atomic E-state index is 0.0921. The van der Waals surface area contributed by atoms with Crippen LogP contribution < -0.4 is 10.2 Å². The molecular formula is C21H22N2O5. The highest BCUT2D eigenvalue weighted by Crippen LogP contribution is 2.30. The van der Waals surface area contributed by atoms with Gasteiger partial charge in [-0.1, -0.05) is 48.5 Å². The molecule has 2 aromatic carbocycles. The Morgan fingerprint density at radius 3 is 2.07 bits per heavy atom. The molecule has 0 saturated carbocycles. The van der Waals surface area contributed by atoms with E-state index >= 15 is 0 Å². The Morgan fingerprint density at radius 2 is 1.50 bits per heavy atom. The molecule has 0 bridgehead atoms. The van der Waals surface area contributed by atoms with Gasteiger partial charge in [0, 0.05) is 6.42 Å². The number of benzene rings is 2. The molecule has 1 aliphatic rings. The molecule has 0 radical (unpaired) electrons. The fourth-order valence-electron chi connectivity index (χ4n) is 2.77. The van der Waals surface area contributed by atoms with Crippen molar-refractivity contribution in [2.75, 3.05) is 4.90 Å². The standard InChI is InChI=1S/C21H22N2O5/c1-20(2,3)27-28-21(14-15-10-6-4-7-11-15)17(24)22-19(26)23(18(21)25)16-12-8-5-9-13-16/h4-13H,14H2,1-3H3,(H,22,24,26). The lowest BCUT2D eigenvalue weighted by Crippen LogP contribution is -2.70. The van der Waals surface area contributed by atoms with Crippen molar-refractivity contribution in [3.05, 3.63) is 66.2 Å². The fourth-order valence-corrected chi connectivity index (χ4v) is 2.77. The Bertz CT molecular complexity index is 877. The van der Waals surface area contributed by atoms with E-state index in [0.717, 1.165) is 4.90 Å². The summed E-state index contributed by atoms with van der Waals surface area (Å²) in [7, 11) is 0. The Morgan fingerprint density at radius 1 is 0.929 bits per heavy atom. The monoisotopic (exact) mass is 382 g/mol. The fraction of sp³-hybridized carbons (Fsp3) is 0.286. The topological polar surface area (TPSA) is 84.9 Å². The molecule has 1 unspecified atom stereocenters. The van der Waals surface area contributed by atoms with E-state index < -0.39 is 29.0 Å². The third kappa shape index (κ3) is 3.95. The molecule has 1 atom stereocenters. The lowest BCUT2D eigenvalue weighted by atomic mass is 9.90. The molecule has 4 amide bonds. The van der Waals surface area contributed by atoms with E-state index in [-0.39, 0.29) is 6.42 Å². The summed E-state index contributed by atoms with van der Waals surface area (Å²) in [5, 5.41) is 2.23. The number of carbonyl (C=O) groups excluding carboxylic acids is 3. The number of hydrogen-bond donors (Lipinski definition) is 1. The Kier molecular flexibility index (Phi) is 5.31. The van der Waals surface area contributed by atoms with Crippen LogP contribution >= 0.6 is 0 Å². The zero-order valence-corrected chi connectivity index (χ0v) is 16.0. The van der Waals surface area contributed by atoms with E-state index in [1.807, 2.05) is 6.07 Å². The molecule has 2 aromatic rings. The first-order valence-electron chi connectivity index (χ1n) is 8.89. The summed E-state index contributed by atoms with van der Waals surface area (Å²) in [6.07, 6.45) is -0.0921.